The Bertz CT molecular complexity index is 893. The predicted molar refractivity (Wildman–Crippen MR) is 96.6 cm³/mol. The summed E-state index contributed by atoms with van der Waals surface area (Å²) < 4.78 is 40.8. The summed E-state index contributed by atoms with van der Waals surface area (Å²) in [4.78, 5) is 7.98. The molecule has 0 amide bonds. The lowest BCUT2D eigenvalue weighted by Crippen LogP contribution is -2.13. The van der Waals surface area contributed by atoms with Gasteiger partial charge in [-0.2, -0.15) is 13.2 Å². The van der Waals surface area contributed by atoms with Crippen molar-refractivity contribution in [3.63, 3.8) is 0 Å². The van der Waals surface area contributed by atoms with Crippen molar-refractivity contribution in [2.75, 3.05) is 0 Å². The molecule has 0 aliphatic carbocycles. The van der Waals surface area contributed by atoms with Gasteiger partial charge in [-0.15, -0.1) is 0 Å². The minimum atomic E-state index is -4.59. The molecule has 0 saturated heterocycles. The lowest BCUT2D eigenvalue weighted by atomic mass is 9.86. The zero-order chi connectivity index (χ0) is 18.9. The molecule has 134 valence electrons. The van der Waals surface area contributed by atoms with E-state index in [1.807, 2.05) is 12.1 Å². The van der Waals surface area contributed by atoms with Crippen LogP contribution in [-0.4, -0.2) is 9.97 Å². The third-order valence-electron chi connectivity index (χ3n) is 4.13. The minimum Gasteiger partial charge on any atom is -0.252 e. The maximum atomic E-state index is 13.6. The second kappa shape index (κ2) is 6.56. The number of hydrogen-bond donors (Lipinski definition) is 0. The maximum Gasteiger partial charge on any atom is 0.435 e. The van der Waals surface area contributed by atoms with Gasteiger partial charge in [-0.3, -0.25) is 4.98 Å². The molecule has 3 rings (SSSR count). The zero-order valence-electron chi connectivity index (χ0n) is 14.8. The largest absolute Gasteiger partial charge is 0.435 e. The van der Waals surface area contributed by atoms with E-state index >= 15 is 0 Å². The lowest BCUT2D eigenvalue weighted by Gasteiger charge is -2.19. The number of alkyl halides is 3. The van der Waals surface area contributed by atoms with Gasteiger partial charge in [-0.05, 0) is 11.0 Å². The molecule has 0 atom stereocenters. The zero-order valence-corrected chi connectivity index (χ0v) is 14.8. The summed E-state index contributed by atoms with van der Waals surface area (Å²) in [5.74, 6) is 0. The second-order valence-corrected chi connectivity index (χ2v) is 7.14. The van der Waals surface area contributed by atoms with Crippen LogP contribution >= 0.6 is 0 Å². The number of halogens is 3. The Morgan fingerprint density at radius 3 is 1.92 bits per heavy atom. The molecule has 0 aliphatic rings. The Morgan fingerprint density at radius 2 is 1.38 bits per heavy atom. The SMILES string of the molecule is CC(C)(C)c1ccc(-c2ncc(-c3ccccc3)nc2C(F)(F)F)cc1. The Morgan fingerprint density at radius 1 is 0.769 bits per heavy atom. The first-order chi connectivity index (χ1) is 12.2. The van der Waals surface area contributed by atoms with Crippen LogP contribution in [0.4, 0.5) is 13.2 Å². The van der Waals surface area contributed by atoms with Crippen LogP contribution in [0.1, 0.15) is 32.0 Å². The monoisotopic (exact) mass is 356 g/mol. The van der Waals surface area contributed by atoms with Crippen LogP contribution in [0.25, 0.3) is 22.5 Å². The third-order valence-corrected chi connectivity index (χ3v) is 4.13. The molecule has 26 heavy (non-hydrogen) atoms. The Hall–Kier alpha value is -2.69. The molecular formula is C21H19F3N2. The molecule has 3 aromatic rings. The van der Waals surface area contributed by atoms with Gasteiger partial charge in [0.2, 0.25) is 0 Å². The molecule has 0 saturated carbocycles. The van der Waals surface area contributed by atoms with E-state index in [9.17, 15) is 13.2 Å². The summed E-state index contributed by atoms with van der Waals surface area (Å²) in [5, 5.41) is 0. The summed E-state index contributed by atoms with van der Waals surface area (Å²) in [7, 11) is 0. The minimum absolute atomic E-state index is 0.0752. The number of rotatable bonds is 2. The molecule has 0 spiro atoms. The quantitative estimate of drug-likeness (QED) is 0.552. The molecular weight excluding hydrogens is 337 g/mol. The van der Waals surface area contributed by atoms with Gasteiger partial charge < -0.3 is 0 Å². The van der Waals surface area contributed by atoms with Crippen molar-refractivity contribution in [2.24, 2.45) is 0 Å². The summed E-state index contributed by atoms with van der Waals surface area (Å²) in [6.07, 6.45) is -3.20. The van der Waals surface area contributed by atoms with E-state index in [2.05, 4.69) is 30.7 Å². The van der Waals surface area contributed by atoms with E-state index in [0.29, 0.717) is 11.1 Å². The van der Waals surface area contributed by atoms with Gasteiger partial charge in [-0.1, -0.05) is 75.4 Å². The van der Waals surface area contributed by atoms with Crippen molar-refractivity contribution in [1.82, 2.24) is 9.97 Å². The average molecular weight is 356 g/mol. The first-order valence-electron chi connectivity index (χ1n) is 8.27. The number of aromatic nitrogens is 2. The fraction of sp³-hybridized carbons (Fsp3) is 0.238. The van der Waals surface area contributed by atoms with Crippen molar-refractivity contribution < 1.29 is 13.2 Å². The molecule has 0 fully saturated rings. The van der Waals surface area contributed by atoms with Crippen LogP contribution in [0.3, 0.4) is 0 Å². The summed E-state index contributed by atoms with van der Waals surface area (Å²) in [5.41, 5.74) is 1.04. The van der Waals surface area contributed by atoms with Crippen molar-refractivity contribution in [1.29, 1.82) is 0 Å². The van der Waals surface area contributed by atoms with Crippen LogP contribution in [0.2, 0.25) is 0 Å². The van der Waals surface area contributed by atoms with Gasteiger partial charge in [0.15, 0.2) is 5.69 Å². The first kappa shape index (κ1) is 18.1. The Balaban J connectivity index is 2.10. The van der Waals surface area contributed by atoms with E-state index in [1.54, 1.807) is 42.5 Å². The Labute approximate surface area is 150 Å². The van der Waals surface area contributed by atoms with Crippen LogP contribution < -0.4 is 0 Å². The highest BCUT2D eigenvalue weighted by Crippen LogP contribution is 2.36. The average Bonchev–Trinajstić information content (AvgIpc) is 2.61. The van der Waals surface area contributed by atoms with E-state index in [4.69, 9.17) is 0 Å². The van der Waals surface area contributed by atoms with Gasteiger partial charge in [0.1, 0.15) is 5.69 Å². The molecule has 0 radical (unpaired) electrons. The summed E-state index contributed by atoms with van der Waals surface area (Å²) in [6.45, 7) is 6.16. The van der Waals surface area contributed by atoms with Crippen LogP contribution in [-0.2, 0) is 11.6 Å². The molecule has 5 heteroatoms. The predicted octanol–water partition coefficient (Wildman–Crippen LogP) is 6.13. The van der Waals surface area contributed by atoms with E-state index in [1.165, 1.54) is 6.20 Å². The van der Waals surface area contributed by atoms with E-state index in [0.717, 1.165) is 5.56 Å². The van der Waals surface area contributed by atoms with Gasteiger partial charge in [0.05, 0.1) is 11.9 Å². The second-order valence-electron chi connectivity index (χ2n) is 7.14. The van der Waals surface area contributed by atoms with Crippen molar-refractivity contribution in [3.05, 3.63) is 72.1 Å². The van der Waals surface area contributed by atoms with Gasteiger partial charge in [0.25, 0.3) is 0 Å². The van der Waals surface area contributed by atoms with Crippen LogP contribution in [0.5, 0.6) is 0 Å². The Kier molecular flexibility index (Phi) is 4.57. The van der Waals surface area contributed by atoms with Crippen LogP contribution in [0.15, 0.2) is 60.8 Å². The van der Waals surface area contributed by atoms with Crippen molar-refractivity contribution in [2.45, 2.75) is 32.4 Å². The normalized spacial score (nSPS) is 12.2. The van der Waals surface area contributed by atoms with Crippen molar-refractivity contribution in [3.8, 4) is 22.5 Å². The molecule has 0 N–H and O–H groups in total. The smallest absolute Gasteiger partial charge is 0.252 e. The topological polar surface area (TPSA) is 25.8 Å². The lowest BCUT2D eigenvalue weighted by molar-refractivity contribution is -0.140. The fourth-order valence-corrected chi connectivity index (χ4v) is 2.67. The number of benzene rings is 2. The maximum absolute atomic E-state index is 13.6. The first-order valence-corrected chi connectivity index (χ1v) is 8.27. The third kappa shape index (κ3) is 3.77. The van der Waals surface area contributed by atoms with Gasteiger partial charge >= 0.3 is 6.18 Å². The summed E-state index contributed by atoms with van der Waals surface area (Å²) >= 11 is 0. The van der Waals surface area contributed by atoms with E-state index in [-0.39, 0.29) is 16.8 Å². The van der Waals surface area contributed by atoms with Crippen molar-refractivity contribution >= 4 is 0 Å². The molecule has 2 aromatic carbocycles. The molecule has 1 aromatic heterocycles. The van der Waals surface area contributed by atoms with Gasteiger partial charge in [-0.25, -0.2) is 4.98 Å². The highest BCUT2D eigenvalue weighted by molar-refractivity contribution is 5.66. The fourth-order valence-electron chi connectivity index (χ4n) is 2.67. The number of nitrogens with zero attached hydrogens (tertiary/aromatic N) is 2. The van der Waals surface area contributed by atoms with Crippen LogP contribution in [0, 0.1) is 0 Å². The molecule has 1 heterocycles. The van der Waals surface area contributed by atoms with Gasteiger partial charge in [0, 0.05) is 11.1 Å². The number of hydrogen-bond acceptors (Lipinski definition) is 2. The molecule has 2 nitrogen and oxygen atoms in total. The van der Waals surface area contributed by atoms with E-state index < -0.39 is 11.9 Å². The molecule has 0 unspecified atom stereocenters. The highest BCUT2D eigenvalue weighted by Gasteiger charge is 2.37. The molecule has 0 bridgehead atoms. The highest BCUT2D eigenvalue weighted by atomic mass is 19.4. The molecule has 0 aliphatic heterocycles. The summed E-state index contributed by atoms with van der Waals surface area (Å²) in [6, 6.07) is 15.7. The standard InChI is InChI=1S/C21H19F3N2/c1-20(2,3)16-11-9-15(10-12-16)18-19(21(22,23)24)26-17(13-25-18)14-7-5-4-6-8-14/h4-13H,1-3H3.